The van der Waals surface area contributed by atoms with Crippen molar-refractivity contribution in [3.63, 3.8) is 0 Å². The van der Waals surface area contributed by atoms with Gasteiger partial charge in [0.2, 0.25) is 0 Å². The number of fused-ring (bicyclic) bond motifs is 1. The zero-order chi connectivity index (χ0) is 27.0. The van der Waals surface area contributed by atoms with Crippen LogP contribution in [0.5, 0.6) is 0 Å². The number of rotatable bonds is 6. The van der Waals surface area contributed by atoms with Gasteiger partial charge in [0.1, 0.15) is 17.2 Å². The molecule has 0 radical (unpaired) electrons. The monoisotopic (exact) mass is 507 g/mol. The van der Waals surface area contributed by atoms with Gasteiger partial charge in [-0.25, -0.2) is 19.0 Å². The number of nitrogens with one attached hydrogen (secondary N) is 3. The maximum atomic E-state index is 14.7. The van der Waals surface area contributed by atoms with Gasteiger partial charge in [0.25, 0.3) is 0 Å². The number of amides is 3. The standard InChI is InChI=1S/C28H34FN5O3/c1-16-11-21(29)23(33-25(35)30-10-9-28(6)7-8-28)13-19(16)20-12-18-15-31-24(14-22(18)32-17(20)2)34-26(36)37-27(3,4)5/h11-15H,7-10H2,1-6H3,(H2,30,33,35)(H,31,34,36). The highest BCUT2D eigenvalue weighted by atomic mass is 19.1. The summed E-state index contributed by atoms with van der Waals surface area (Å²) in [5.74, 6) is -0.177. The topological polar surface area (TPSA) is 105 Å². The average Bonchev–Trinajstić information content (AvgIpc) is 3.51. The van der Waals surface area contributed by atoms with Crippen molar-refractivity contribution in [2.75, 3.05) is 17.2 Å². The molecule has 1 aliphatic carbocycles. The van der Waals surface area contributed by atoms with E-state index in [0.29, 0.717) is 34.6 Å². The van der Waals surface area contributed by atoms with Crippen LogP contribution in [0.2, 0.25) is 0 Å². The lowest BCUT2D eigenvalue weighted by Crippen LogP contribution is -2.30. The zero-order valence-corrected chi connectivity index (χ0v) is 22.2. The number of aromatic nitrogens is 2. The van der Waals surface area contributed by atoms with E-state index in [1.165, 1.54) is 18.9 Å². The molecule has 1 aliphatic rings. The third-order valence-corrected chi connectivity index (χ3v) is 6.49. The number of carbonyl (C=O) groups excluding carboxylic acids is 2. The predicted octanol–water partition coefficient (Wildman–Crippen LogP) is 6.71. The molecule has 0 atom stereocenters. The van der Waals surface area contributed by atoms with E-state index >= 15 is 0 Å². The van der Waals surface area contributed by atoms with Gasteiger partial charge in [-0.3, -0.25) is 10.3 Å². The van der Waals surface area contributed by atoms with E-state index in [-0.39, 0.29) is 5.69 Å². The normalized spacial score (nSPS) is 14.2. The van der Waals surface area contributed by atoms with Crippen LogP contribution >= 0.6 is 0 Å². The second kappa shape index (κ2) is 9.95. The molecule has 1 fully saturated rings. The molecule has 1 saturated carbocycles. The number of ether oxygens (including phenoxy) is 1. The fourth-order valence-corrected chi connectivity index (χ4v) is 4.08. The van der Waals surface area contributed by atoms with Gasteiger partial charge in [0, 0.05) is 35.5 Å². The summed E-state index contributed by atoms with van der Waals surface area (Å²) in [6.07, 6.45) is 4.29. The number of halogens is 1. The smallest absolute Gasteiger partial charge is 0.413 e. The number of hydrogen-bond donors (Lipinski definition) is 3. The van der Waals surface area contributed by atoms with Crippen LogP contribution in [0.25, 0.3) is 22.0 Å². The first-order valence-corrected chi connectivity index (χ1v) is 12.4. The molecule has 1 aromatic carbocycles. The van der Waals surface area contributed by atoms with Crippen LogP contribution in [-0.2, 0) is 4.74 Å². The lowest BCUT2D eigenvalue weighted by Gasteiger charge is -2.19. The highest BCUT2D eigenvalue weighted by Gasteiger charge is 2.36. The molecule has 8 nitrogen and oxygen atoms in total. The van der Waals surface area contributed by atoms with Crippen LogP contribution in [0.15, 0.2) is 30.5 Å². The second-order valence-electron chi connectivity index (χ2n) is 11.1. The van der Waals surface area contributed by atoms with E-state index in [1.807, 2.05) is 19.9 Å². The Morgan fingerprint density at radius 3 is 2.49 bits per heavy atom. The first-order valence-electron chi connectivity index (χ1n) is 12.4. The van der Waals surface area contributed by atoms with Crippen molar-refractivity contribution in [2.24, 2.45) is 5.41 Å². The Labute approximate surface area is 216 Å². The van der Waals surface area contributed by atoms with Crippen molar-refractivity contribution in [3.05, 3.63) is 47.5 Å². The Kier molecular flexibility index (Phi) is 7.08. The minimum atomic E-state index is -0.624. The molecule has 0 spiro atoms. The average molecular weight is 508 g/mol. The number of hydrogen-bond acceptors (Lipinski definition) is 5. The Morgan fingerprint density at radius 1 is 1.08 bits per heavy atom. The fourth-order valence-electron chi connectivity index (χ4n) is 4.08. The molecule has 2 heterocycles. The van der Waals surface area contributed by atoms with Crippen molar-refractivity contribution in [2.45, 2.75) is 66.4 Å². The minimum absolute atomic E-state index is 0.102. The van der Waals surface area contributed by atoms with Crippen LogP contribution in [0, 0.1) is 25.1 Å². The molecular weight excluding hydrogens is 473 g/mol. The van der Waals surface area contributed by atoms with Gasteiger partial charge < -0.3 is 15.4 Å². The van der Waals surface area contributed by atoms with E-state index in [1.54, 1.807) is 39.1 Å². The first-order chi connectivity index (χ1) is 17.3. The second-order valence-corrected chi connectivity index (χ2v) is 11.1. The maximum absolute atomic E-state index is 14.7. The molecule has 3 amide bonds. The van der Waals surface area contributed by atoms with Crippen molar-refractivity contribution in [1.29, 1.82) is 0 Å². The van der Waals surface area contributed by atoms with Gasteiger partial charge in [0.15, 0.2) is 0 Å². The third kappa shape index (κ3) is 6.72. The summed E-state index contributed by atoms with van der Waals surface area (Å²) in [6, 6.07) is 6.20. The summed E-state index contributed by atoms with van der Waals surface area (Å²) in [6.45, 7) is 11.8. The molecule has 0 bridgehead atoms. The number of carbonyl (C=O) groups is 2. The quantitative estimate of drug-likeness (QED) is 0.344. The molecule has 0 saturated heterocycles. The number of nitrogens with zero attached hydrogens (tertiary/aromatic N) is 2. The van der Waals surface area contributed by atoms with E-state index < -0.39 is 23.5 Å². The summed E-state index contributed by atoms with van der Waals surface area (Å²) in [5.41, 5.74) is 3.43. The minimum Gasteiger partial charge on any atom is -0.444 e. The summed E-state index contributed by atoms with van der Waals surface area (Å²) >= 11 is 0. The number of urea groups is 1. The molecule has 9 heteroatoms. The molecule has 3 N–H and O–H groups in total. The van der Waals surface area contributed by atoms with Crippen LogP contribution < -0.4 is 16.0 Å². The Bertz CT molecular complexity index is 1360. The first kappa shape index (κ1) is 26.3. The molecule has 196 valence electrons. The fraction of sp³-hybridized carbons (Fsp3) is 0.429. The number of aryl methyl sites for hydroxylation is 2. The Hall–Kier alpha value is -3.75. The van der Waals surface area contributed by atoms with Gasteiger partial charge in [-0.2, -0.15) is 0 Å². The van der Waals surface area contributed by atoms with Crippen LogP contribution in [0.3, 0.4) is 0 Å². The lowest BCUT2D eigenvalue weighted by atomic mass is 9.97. The van der Waals surface area contributed by atoms with E-state index in [0.717, 1.165) is 22.9 Å². The highest BCUT2D eigenvalue weighted by Crippen LogP contribution is 2.47. The SMILES string of the molecule is Cc1cc(F)c(NC(=O)NCCC2(C)CC2)cc1-c1cc2cnc(NC(=O)OC(C)(C)C)cc2nc1C. The summed E-state index contributed by atoms with van der Waals surface area (Å²) in [4.78, 5) is 33.5. The molecule has 3 aromatic rings. The molecular formula is C28H34FN5O3. The van der Waals surface area contributed by atoms with Gasteiger partial charge in [0.05, 0.1) is 11.2 Å². The molecule has 0 aliphatic heterocycles. The van der Waals surface area contributed by atoms with Crippen molar-refractivity contribution < 1.29 is 18.7 Å². The summed E-state index contributed by atoms with van der Waals surface area (Å²) in [7, 11) is 0. The maximum Gasteiger partial charge on any atom is 0.413 e. The van der Waals surface area contributed by atoms with Gasteiger partial charge in [-0.05, 0) is 88.6 Å². The Balaban J connectivity index is 1.54. The van der Waals surface area contributed by atoms with Gasteiger partial charge in [-0.15, -0.1) is 0 Å². The largest absolute Gasteiger partial charge is 0.444 e. The molecule has 2 aromatic heterocycles. The van der Waals surface area contributed by atoms with E-state index in [4.69, 9.17) is 9.72 Å². The Morgan fingerprint density at radius 2 is 1.81 bits per heavy atom. The van der Waals surface area contributed by atoms with E-state index in [9.17, 15) is 14.0 Å². The molecule has 0 unspecified atom stereocenters. The van der Waals surface area contributed by atoms with Crippen molar-refractivity contribution in [3.8, 4) is 11.1 Å². The highest BCUT2D eigenvalue weighted by molar-refractivity contribution is 5.92. The summed E-state index contributed by atoms with van der Waals surface area (Å²) in [5, 5.41) is 8.84. The van der Waals surface area contributed by atoms with Crippen molar-refractivity contribution >= 4 is 34.5 Å². The number of anilines is 2. The zero-order valence-electron chi connectivity index (χ0n) is 22.2. The van der Waals surface area contributed by atoms with Crippen molar-refractivity contribution in [1.82, 2.24) is 15.3 Å². The van der Waals surface area contributed by atoms with E-state index in [2.05, 4.69) is 27.9 Å². The number of benzene rings is 1. The van der Waals surface area contributed by atoms with Gasteiger partial charge in [-0.1, -0.05) is 6.92 Å². The van der Waals surface area contributed by atoms with Crippen LogP contribution in [0.1, 0.15) is 58.2 Å². The van der Waals surface area contributed by atoms with Gasteiger partial charge >= 0.3 is 12.1 Å². The predicted molar refractivity (Wildman–Crippen MR) is 143 cm³/mol. The lowest BCUT2D eigenvalue weighted by molar-refractivity contribution is 0.0635. The molecule has 37 heavy (non-hydrogen) atoms. The molecule has 4 rings (SSSR count). The van der Waals surface area contributed by atoms with Crippen LogP contribution in [0.4, 0.5) is 25.5 Å². The van der Waals surface area contributed by atoms with Crippen LogP contribution in [-0.4, -0.2) is 34.2 Å². The third-order valence-electron chi connectivity index (χ3n) is 6.49. The number of pyridine rings is 2. The summed E-state index contributed by atoms with van der Waals surface area (Å²) < 4.78 is 20.0.